The van der Waals surface area contributed by atoms with Gasteiger partial charge >= 0.3 is 0 Å². The van der Waals surface area contributed by atoms with Crippen molar-refractivity contribution in [2.75, 3.05) is 91.8 Å². The zero-order valence-electron chi connectivity index (χ0n) is 24.8. The number of hydrogen-bond donors (Lipinski definition) is 2. The lowest BCUT2D eigenvalue weighted by molar-refractivity contribution is 0.0238. The molecule has 0 aromatic heterocycles. The van der Waals surface area contributed by atoms with Crippen LogP contribution >= 0.6 is 0 Å². The average Bonchev–Trinajstić information content (AvgIpc) is 3.10. The summed E-state index contributed by atoms with van der Waals surface area (Å²) in [5, 5.41) is 6.72. The van der Waals surface area contributed by atoms with Crippen molar-refractivity contribution in [3.05, 3.63) is 0 Å². The van der Waals surface area contributed by atoms with Crippen molar-refractivity contribution in [1.29, 1.82) is 0 Å². The molecule has 0 saturated carbocycles. The summed E-state index contributed by atoms with van der Waals surface area (Å²) in [7, 11) is 0. The van der Waals surface area contributed by atoms with Gasteiger partial charge in [-0.1, -0.05) is 0 Å². The largest absolute Gasteiger partial charge is 0.379 e. The molecule has 0 atom stereocenters. The van der Waals surface area contributed by atoms with Gasteiger partial charge in [-0.2, -0.15) is 0 Å². The molecule has 2 N–H and O–H groups in total. The zero-order valence-corrected chi connectivity index (χ0v) is 24.8. The monoisotopic (exact) mass is 498 g/mol. The third-order valence-corrected chi connectivity index (χ3v) is 7.38. The van der Waals surface area contributed by atoms with Crippen LogP contribution in [0.1, 0.15) is 68.2 Å². The first-order chi connectivity index (χ1) is 16.7. The lowest BCUT2D eigenvalue weighted by Crippen LogP contribution is -2.46. The van der Waals surface area contributed by atoms with Crippen LogP contribution in [0.25, 0.3) is 0 Å². The summed E-state index contributed by atoms with van der Waals surface area (Å²) in [5.74, 6) is 0. The third kappa shape index (κ3) is 15.5. The fourth-order valence-corrected chi connectivity index (χ4v) is 4.53. The van der Waals surface area contributed by atoms with E-state index in [0.29, 0.717) is 6.04 Å². The number of nitrogens with zero attached hydrogens (tertiary/aromatic N) is 4. The van der Waals surface area contributed by atoms with E-state index < -0.39 is 0 Å². The van der Waals surface area contributed by atoms with E-state index in [9.17, 15) is 0 Å². The number of morpholine rings is 1. The summed E-state index contributed by atoms with van der Waals surface area (Å²) in [6, 6.07) is 2.93. The summed E-state index contributed by atoms with van der Waals surface area (Å²) < 4.78 is 5.21. The molecule has 0 unspecified atom stereocenters. The minimum atomic E-state index is 0.689. The molecular formula is C28H62N6O. The van der Waals surface area contributed by atoms with Gasteiger partial charge in [-0.15, -0.1) is 0 Å². The molecule has 4 rings (SSSR count). The maximum Gasteiger partial charge on any atom is 0.0594 e. The van der Waals surface area contributed by atoms with Crippen LogP contribution in [0.2, 0.25) is 0 Å². The Hall–Kier alpha value is -0.280. The van der Waals surface area contributed by atoms with Gasteiger partial charge in [0, 0.05) is 76.5 Å². The molecule has 4 heterocycles. The minimum Gasteiger partial charge on any atom is -0.379 e. The van der Waals surface area contributed by atoms with Crippen LogP contribution < -0.4 is 10.6 Å². The number of ether oxygens (including phenoxy) is 1. The lowest BCUT2D eigenvalue weighted by atomic mass is 10.2. The van der Waals surface area contributed by atoms with Crippen molar-refractivity contribution in [2.24, 2.45) is 0 Å². The fourth-order valence-electron chi connectivity index (χ4n) is 4.53. The molecule has 35 heavy (non-hydrogen) atoms. The molecule has 0 spiro atoms. The highest BCUT2D eigenvalue weighted by Crippen LogP contribution is 2.09. The molecule has 4 saturated heterocycles. The van der Waals surface area contributed by atoms with E-state index in [1.807, 2.05) is 0 Å². The predicted molar refractivity (Wildman–Crippen MR) is 153 cm³/mol. The highest BCUT2D eigenvalue weighted by atomic mass is 16.5. The molecular weight excluding hydrogens is 436 g/mol. The van der Waals surface area contributed by atoms with Gasteiger partial charge in [0.05, 0.1) is 13.2 Å². The maximum atomic E-state index is 5.21. The van der Waals surface area contributed by atoms with Gasteiger partial charge < -0.3 is 20.3 Å². The standard InChI is InChI=1S/C8H18N2.C7H16N2.C7H15NO.C6H13N/c1-8(2)10-6-3-4-9-5-7-10;1-7(2)9-5-3-8-4-6-9;1-7(2)8-3-5-9-6-4-8;1-6(2)7-4-3-5-7/h8-9H,3-7H2,1-2H3;7-8H,3-6H2,1-2H3;7H,3-6H2,1-2H3;6H,3-5H2,1-2H3. The van der Waals surface area contributed by atoms with Crippen molar-refractivity contribution >= 4 is 0 Å². The SMILES string of the molecule is CC(C)N1CCC1.CC(C)N1CCCNCC1.CC(C)N1CCNCC1.CC(C)N1CCOCC1. The second-order valence-corrected chi connectivity index (χ2v) is 11.3. The van der Waals surface area contributed by atoms with Crippen LogP contribution in [0.3, 0.4) is 0 Å². The van der Waals surface area contributed by atoms with Gasteiger partial charge in [-0.25, -0.2) is 0 Å². The number of nitrogens with one attached hydrogen (secondary N) is 2. The average molecular weight is 499 g/mol. The Morgan fingerprint density at radius 3 is 1.11 bits per heavy atom. The molecule has 210 valence electrons. The first kappa shape index (κ1) is 32.7. The van der Waals surface area contributed by atoms with E-state index in [-0.39, 0.29) is 0 Å². The van der Waals surface area contributed by atoms with Crippen LogP contribution in [0.5, 0.6) is 0 Å². The topological polar surface area (TPSA) is 46.2 Å². The Morgan fingerprint density at radius 1 is 0.429 bits per heavy atom. The quantitative estimate of drug-likeness (QED) is 0.618. The van der Waals surface area contributed by atoms with Gasteiger partial charge in [0.1, 0.15) is 0 Å². The van der Waals surface area contributed by atoms with Crippen molar-refractivity contribution in [3.63, 3.8) is 0 Å². The molecule has 4 fully saturated rings. The summed E-state index contributed by atoms with van der Waals surface area (Å²) in [5.41, 5.74) is 0. The fraction of sp³-hybridized carbons (Fsp3) is 1.00. The number of hydrogen-bond acceptors (Lipinski definition) is 7. The van der Waals surface area contributed by atoms with Gasteiger partial charge in [-0.3, -0.25) is 14.7 Å². The van der Waals surface area contributed by atoms with Crippen molar-refractivity contribution in [3.8, 4) is 0 Å². The Bertz CT molecular complexity index is 442. The van der Waals surface area contributed by atoms with E-state index in [1.165, 1.54) is 58.7 Å². The number of likely N-dealkylation sites (tertiary alicyclic amines) is 1. The first-order valence-corrected chi connectivity index (χ1v) is 14.7. The van der Waals surface area contributed by atoms with E-state index in [4.69, 9.17) is 4.74 Å². The molecule has 0 aromatic rings. The third-order valence-electron chi connectivity index (χ3n) is 7.38. The van der Waals surface area contributed by atoms with Crippen LogP contribution in [-0.2, 0) is 4.74 Å². The highest BCUT2D eigenvalue weighted by Gasteiger charge is 2.15. The van der Waals surface area contributed by atoms with E-state index in [2.05, 4.69) is 85.6 Å². The van der Waals surface area contributed by atoms with E-state index >= 15 is 0 Å². The molecule has 0 amide bonds. The second-order valence-electron chi connectivity index (χ2n) is 11.3. The van der Waals surface area contributed by atoms with Crippen molar-refractivity contribution < 1.29 is 4.74 Å². The van der Waals surface area contributed by atoms with Crippen LogP contribution in [-0.4, -0.2) is 136 Å². The number of piperazine rings is 1. The molecule has 4 aliphatic heterocycles. The van der Waals surface area contributed by atoms with Gasteiger partial charge in [0.15, 0.2) is 0 Å². The Balaban J connectivity index is 0.000000235. The van der Waals surface area contributed by atoms with Crippen molar-refractivity contribution in [1.82, 2.24) is 30.2 Å². The summed E-state index contributed by atoms with van der Waals surface area (Å²) in [6.45, 7) is 34.3. The molecule has 4 aliphatic rings. The first-order valence-electron chi connectivity index (χ1n) is 14.7. The zero-order chi connectivity index (χ0) is 26.1. The van der Waals surface area contributed by atoms with Crippen LogP contribution in [0, 0.1) is 0 Å². The second kappa shape index (κ2) is 19.8. The summed E-state index contributed by atoms with van der Waals surface area (Å²) in [4.78, 5) is 9.93. The van der Waals surface area contributed by atoms with E-state index in [1.54, 1.807) is 0 Å². The Labute approximate surface area is 219 Å². The highest BCUT2D eigenvalue weighted by molar-refractivity contribution is 4.71. The lowest BCUT2D eigenvalue weighted by Gasteiger charge is -2.34. The molecule has 0 aromatic carbocycles. The van der Waals surface area contributed by atoms with E-state index in [0.717, 1.165) is 64.1 Å². The van der Waals surface area contributed by atoms with Crippen LogP contribution in [0.4, 0.5) is 0 Å². The Morgan fingerprint density at radius 2 is 0.771 bits per heavy atom. The van der Waals surface area contributed by atoms with Crippen molar-refractivity contribution in [2.45, 2.75) is 92.4 Å². The number of rotatable bonds is 4. The predicted octanol–water partition coefficient (Wildman–Crippen LogP) is 2.82. The van der Waals surface area contributed by atoms with Gasteiger partial charge in [0.25, 0.3) is 0 Å². The van der Waals surface area contributed by atoms with Gasteiger partial charge in [-0.05, 0) is 94.4 Å². The molecule has 7 nitrogen and oxygen atoms in total. The molecule has 0 aliphatic carbocycles. The summed E-state index contributed by atoms with van der Waals surface area (Å²) in [6.07, 6.45) is 2.72. The molecule has 0 bridgehead atoms. The molecule has 7 heteroatoms. The normalized spacial score (nSPS) is 23.0. The summed E-state index contributed by atoms with van der Waals surface area (Å²) >= 11 is 0. The Kier molecular flexibility index (Phi) is 18.5. The minimum absolute atomic E-state index is 0.689. The molecule has 0 radical (unpaired) electrons. The van der Waals surface area contributed by atoms with Gasteiger partial charge in [0.2, 0.25) is 0 Å². The smallest absolute Gasteiger partial charge is 0.0594 e. The van der Waals surface area contributed by atoms with Crippen LogP contribution in [0.15, 0.2) is 0 Å². The maximum absolute atomic E-state index is 5.21.